The van der Waals surface area contributed by atoms with E-state index in [1.807, 2.05) is 74.5 Å². The molecule has 3 aromatic carbocycles. The summed E-state index contributed by atoms with van der Waals surface area (Å²) in [5.41, 5.74) is 2.78. The van der Waals surface area contributed by atoms with Crippen LogP contribution in [0.25, 0.3) is 11.0 Å². The minimum Gasteiger partial charge on any atom is -0.496 e. The highest BCUT2D eigenvalue weighted by molar-refractivity contribution is 5.91. The van der Waals surface area contributed by atoms with Crippen LogP contribution in [0, 0.1) is 0 Å². The van der Waals surface area contributed by atoms with E-state index >= 15 is 0 Å². The number of nitrogens with one attached hydrogen (secondary N) is 1. The lowest BCUT2D eigenvalue weighted by Crippen LogP contribution is -2.39. The quantitative estimate of drug-likeness (QED) is 0.373. The second-order valence-electron chi connectivity index (χ2n) is 8.32. The molecular weight excluding hydrogens is 456 g/mol. The third kappa shape index (κ3) is 5.02. The first-order valence-electron chi connectivity index (χ1n) is 11.8. The number of carbonyl (C=O) groups is 1. The number of para-hydroxylation sites is 5. The van der Waals surface area contributed by atoms with Gasteiger partial charge in [0.1, 0.15) is 17.2 Å². The van der Waals surface area contributed by atoms with Crippen molar-refractivity contribution in [3.8, 4) is 11.5 Å². The average molecular weight is 487 g/mol. The number of benzene rings is 3. The zero-order valence-electron chi connectivity index (χ0n) is 20.9. The van der Waals surface area contributed by atoms with Crippen LogP contribution in [0.1, 0.15) is 31.1 Å². The predicted molar refractivity (Wildman–Crippen MR) is 141 cm³/mol. The number of aryl methyl sites for hydroxylation is 1. The summed E-state index contributed by atoms with van der Waals surface area (Å²) in [5.74, 6) is 1.22. The van der Waals surface area contributed by atoms with Crippen molar-refractivity contribution in [3.63, 3.8) is 0 Å². The highest BCUT2D eigenvalue weighted by atomic mass is 16.5. The zero-order chi connectivity index (χ0) is 25.7. The van der Waals surface area contributed by atoms with Crippen LogP contribution in [-0.2, 0) is 13.6 Å². The van der Waals surface area contributed by atoms with E-state index in [4.69, 9.17) is 9.47 Å². The van der Waals surface area contributed by atoms with Crippen molar-refractivity contribution in [2.45, 2.75) is 26.4 Å². The number of rotatable bonds is 8. The van der Waals surface area contributed by atoms with E-state index in [0.717, 1.165) is 11.1 Å². The van der Waals surface area contributed by atoms with Crippen LogP contribution in [0.4, 0.5) is 10.5 Å². The van der Waals surface area contributed by atoms with Crippen LogP contribution in [0.15, 0.2) is 77.6 Å². The van der Waals surface area contributed by atoms with Crippen LogP contribution < -0.4 is 20.3 Å². The Morgan fingerprint density at radius 1 is 1.03 bits per heavy atom. The third-order valence-electron chi connectivity index (χ3n) is 6.12. The maximum atomic E-state index is 13.7. The maximum absolute atomic E-state index is 13.7. The van der Waals surface area contributed by atoms with Gasteiger partial charge in [0.25, 0.3) is 5.56 Å². The standard InChI is InChI=1S/C28H30N4O4/c1-5-36-26-17-11-8-14-22(26)30-28(34)32(19(2)20-12-6-10-16-25(20)35-4)18-23-27(33)31(3)24-15-9-7-13-21(24)29-23/h6-17,19H,5,18H2,1-4H3,(H,30,34)/t19-/m1/s1. The van der Waals surface area contributed by atoms with Crippen molar-refractivity contribution >= 4 is 22.8 Å². The van der Waals surface area contributed by atoms with E-state index in [1.54, 1.807) is 35.8 Å². The van der Waals surface area contributed by atoms with E-state index in [9.17, 15) is 9.59 Å². The minimum absolute atomic E-state index is 0.000637. The van der Waals surface area contributed by atoms with Gasteiger partial charge in [-0.15, -0.1) is 0 Å². The number of ether oxygens (including phenoxy) is 2. The number of anilines is 1. The first-order chi connectivity index (χ1) is 17.4. The Labute approximate surface area is 210 Å². The summed E-state index contributed by atoms with van der Waals surface area (Å²) >= 11 is 0. The second-order valence-corrected chi connectivity index (χ2v) is 8.32. The molecule has 2 amide bonds. The van der Waals surface area contributed by atoms with Gasteiger partial charge in [-0.3, -0.25) is 4.79 Å². The number of methoxy groups -OCH3 is 1. The molecule has 186 valence electrons. The molecule has 0 unspecified atom stereocenters. The normalized spacial score (nSPS) is 11.7. The molecular formula is C28H30N4O4. The molecule has 36 heavy (non-hydrogen) atoms. The third-order valence-corrected chi connectivity index (χ3v) is 6.12. The van der Waals surface area contributed by atoms with E-state index < -0.39 is 12.1 Å². The van der Waals surface area contributed by atoms with Gasteiger partial charge in [-0.05, 0) is 44.2 Å². The Morgan fingerprint density at radius 2 is 1.69 bits per heavy atom. The highest BCUT2D eigenvalue weighted by Crippen LogP contribution is 2.31. The second kappa shape index (κ2) is 10.9. The van der Waals surface area contributed by atoms with E-state index in [0.29, 0.717) is 29.3 Å². The van der Waals surface area contributed by atoms with Crippen molar-refractivity contribution in [1.29, 1.82) is 0 Å². The molecule has 0 saturated heterocycles. The fourth-order valence-electron chi connectivity index (χ4n) is 4.21. The van der Waals surface area contributed by atoms with Crippen molar-refractivity contribution in [3.05, 3.63) is 94.4 Å². The molecule has 4 aromatic rings. The van der Waals surface area contributed by atoms with Gasteiger partial charge in [-0.25, -0.2) is 9.78 Å². The molecule has 8 heteroatoms. The molecule has 4 rings (SSSR count). The maximum Gasteiger partial charge on any atom is 0.322 e. The molecule has 0 saturated carbocycles. The zero-order valence-corrected chi connectivity index (χ0v) is 20.9. The van der Waals surface area contributed by atoms with E-state index in [1.165, 1.54) is 0 Å². The lowest BCUT2D eigenvalue weighted by Gasteiger charge is -2.30. The Bertz CT molecular complexity index is 1430. The summed E-state index contributed by atoms with van der Waals surface area (Å²) in [6, 6.07) is 21.4. The molecule has 0 aliphatic rings. The number of carbonyl (C=O) groups excluding carboxylic acids is 1. The largest absolute Gasteiger partial charge is 0.496 e. The Morgan fingerprint density at radius 3 is 2.44 bits per heavy atom. The van der Waals surface area contributed by atoms with Gasteiger partial charge in [0, 0.05) is 12.6 Å². The van der Waals surface area contributed by atoms with Gasteiger partial charge in [-0.1, -0.05) is 42.5 Å². The number of hydrogen-bond donors (Lipinski definition) is 1. The molecule has 0 fully saturated rings. The minimum atomic E-state index is -0.432. The molecule has 8 nitrogen and oxygen atoms in total. The molecule has 1 N–H and O–H groups in total. The first kappa shape index (κ1) is 24.8. The monoisotopic (exact) mass is 486 g/mol. The summed E-state index contributed by atoms with van der Waals surface area (Å²) in [4.78, 5) is 33.1. The lowest BCUT2D eigenvalue weighted by molar-refractivity contribution is 0.186. The summed E-state index contributed by atoms with van der Waals surface area (Å²) < 4.78 is 12.8. The molecule has 0 aliphatic carbocycles. The Balaban J connectivity index is 1.76. The average Bonchev–Trinajstić information content (AvgIpc) is 2.90. The molecule has 0 spiro atoms. The summed E-state index contributed by atoms with van der Waals surface area (Å²) in [6.45, 7) is 4.25. The number of fused-ring (bicyclic) bond motifs is 1. The Hall–Kier alpha value is -4.33. The number of hydrogen-bond acceptors (Lipinski definition) is 5. The number of urea groups is 1. The fraction of sp³-hybridized carbons (Fsp3) is 0.250. The molecule has 1 heterocycles. The summed E-state index contributed by atoms with van der Waals surface area (Å²) in [5, 5.41) is 2.96. The van der Waals surface area contributed by atoms with Crippen molar-refractivity contribution in [2.75, 3.05) is 19.0 Å². The number of amides is 2. The predicted octanol–water partition coefficient (Wildman–Crippen LogP) is 5.14. The molecule has 1 atom stereocenters. The van der Waals surface area contributed by atoms with E-state index in [-0.39, 0.29) is 17.8 Å². The first-order valence-corrected chi connectivity index (χ1v) is 11.8. The van der Waals surface area contributed by atoms with Crippen LogP contribution in [0.2, 0.25) is 0 Å². The van der Waals surface area contributed by atoms with Gasteiger partial charge in [-0.2, -0.15) is 0 Å². The van der Waals surface area contributed by atoms with Gasteiger partial charge >= 0.3 is 6.03 Å². The summed E-state index contributed by atoms with van der Waals surface area (Å²) in [6.07, 6.45) is 0. The number of nitrogens with zero attached hydrogens (tertiary/aromatic N) is 3. The van der Waals surface area contributed by atoms with Gasteiger partial charge in [0.2, 0.25) is 0 Å². The Kier molecular flexibility index (Phi) is 7.53. The van der Waals surface area contributed by atoms with Gasteiger partial charge < -0.3 is 24.3 Å². The van der Waals surface area contributed by atoms with E-state index in [2.05, 4.69) is 10.3 Å². The smallest absolute Gasteiger partial charge is 0.322 e. The van der Waals surface area contributed by atoms with Crippen LogP contribution in [0.3, 0.4) is 0 Å². The van der Waals surface area contributed by atoms with Crippen molar-refractivity contribution in [2.24, 2.45) is 7.05 Å². The molecule has 0 radical (unpaired) electrons. The van der Waals surface area contributed by atoms with Crippen molar-refractivity contribution in [1.82, 2.24) is 14.5 Å². The lowest BCUT2D eigenvalue weighted by atomic mass is 10.1. The molecule has 1 aromatic heterocycles. The molecule has 0 aliphatic heterocycles. The van der Waals surface area contributed by atoms with Crippen LogP contribution in [0.5, 0.6) is 11.5 Å². The topological polar surface area (TPSA) is 85.7 Å². The number of aromatic nitrogens is 2. The van der Waals surface area contributed by atoms with Gasteiger partial charge in [0.05, 0.1) is 43.0 Å². The van der Waals surface area contributed by atoms with Crippen LogP contribution in [-0.4, -0.2) is 34.2 Å². The SMILES string of the molecule is CCOc1ccccc1NC(=O)N(Cc1nc2ccccc2n(C)c1=O)[C@H](C)c1ccccc1OC. The van der Waals surface area contributed by atoms with Crippen LogP contribution >= 0.6 is 0 Å². The van der Waals surface area contributed by atoms with Gasteiger partial charge in [0.15, 0.2) is 0 Å². The fourth-order valence-corrected chi connectivity index (χ4v) is 4.21. The summed E-state index contributed by atoms with van der Waals surface area (Å²) in [7, 11) is 3.30. The highest BCUT2D eigenvalue weighted by Gasteiger charge is 2.27. The van der Waals surface area contributed by atoms with Crippen molar-refractivity contribution < 1.29 is 14.3 Å². The molecule has 0 bridgehead atoms.